The number of ether oxygens (including phenoxy) is 3. The SMILES string of the molecule is C/C(=C\c1ccccc1)CCN(C)CCCN1CCCCC1.COc1cc(C=O)cc(OC)c1OC.Cc1ccccc1. The molecule has 0 unspecified atom stereocenters. The molecule has 6 heteroatoms. The minimum atomic E-state index is 0.481. The first kappa shape index (κ1) is 35.6. The van der Waals surface area contributed by atoms with E-state index in [-0.39, 0.29) is 0 Å². The topological polar surface area (TPSA) is 51.2 Å². The number of rotatable bonds is 12. The van der Waals surface area contributed by atoms with Crippen molar-refractivity contribution in [2.24, 2.45) is 0 Å². The summed E-state index contributed by atoms with van der Waals surface area (Å²) in [6.07, 6.45) is 9.74. The van der Waals surface area contributed by atoms with E-state index >= 15 is 0 Å². The Labute approximate surface area is 260 Å². The van der Waals surface area contributed by atoms with Crippen LogP contribution in [0.5, 0.6) is 17.2 Å². The van der Waals surface area contributed by atoms with Crippen molar-refractivity contribution in [1.29, 1.82) is 0 Å². The van der Waals surface area contributed by atoms with Gasteiger partial charge in [-0.2, -0.15) is 0 Å². The van der Waals surface area contributed by atoms with Crippen LogP contribution >= 0.6 is 0 Å². The van der Waals surface area contributed by atoms with Crippen LogP contribution in [0.25, 0.3) is 6.08 Å². The third-order valence-electron chi connectivity index (χ3n) is 7.33. The maximum absolute atomic E-state index is 10.6. The fourth-order valence-electron chi connectivity index (χ4n) is 4.84. The van der Waals surface area contributed by atoms with Crippen LogP contribution in [0, 0.1) is 6.92 Å². The normalized spacial score (nSPS) is 13.2. The van der Waals surface area contributed by atoms with Crippen molar-refractivity contribution in [2.45, 2.75) is 46.0 Å². The Hall–Kier alpha value is -3.61. The van der Waals surface area contributed by atoms with Gasteiger partial charge in [-0.3, -0.25) is 4.79 Å². The number of aryl methyl sites for hydroxylation is 1. The lowest BCUT2D eigenvalue weighted by Gasteiger charge is -2.27. The van der Waals surface area contributed by atoms with E-state index in [1.165, 1.54) is 89.9 Å². The molecule has 234 valence electrons. The first-order chi connectivity index (χ1) is 20.9. The molecule has 1 saturated heterocycles. The number of aldehydes is 1. The smallest absolute Gasteiger partial charge is 0.203 e. The van der Waals surface area contributed by atoms with E-state index in [1.54, 1.807) is 12.1 Å². The predicted octanol–water partition coefficient (Wildman–Crippen LogP) is 7.81. The maximum Gasteiger partial charge on any atom is 0.203 e. The number of hydrogen-bond acceptors (Lipinski definition) is 6. The zero-order chi connectivity index (χ0) is 31.3. The summed E-state index contributed by atoms with van der Waals surface area (Å²) in [5.74, 6) is 1.45. The molecule has 0 N–H and O–H groups in total. The van der Waals surface area contributed by atoms with Gasteiger partial charge in [0.15, 0.2) is 11.5 Å². The lowest BCUT2D eigenvalue weighted by molar-refractivity contribution is 0.112. The van der Waals surface area contributed by atoms with Gasteiger partial charge in [0.2, 0.25) is 5.75 Å². The van der Waals surface area contributed by atoms with Crippen molar-refractivity contribution < 1.29 is 19.0 Å². The second-order valence-corrected chi connectivity index (χ2v) is 10.9. The Morgan fingerprint density at radius 1 is 0.814 bits per heavy atom. The van der Waals surface area contributed by atoms with Gasteiger partial charge in [0.05, 0.1) is 21.3 Å². The molecule has 1 aliphatic rings. The van der Waals surface area contributed by atoms with Crippen LogP contribution in [0.4, 0.5) is 0 Å². The third-order valence-corrected chi connectivity index (χ3v) is 7.33. The fourth-order valence-corrected chi connectivity index (χ4v) is 4.84. The van der Waals surface area contributed by atoms with E-state index in [9.17, 15) is 4.79 Å². The molecule has 43 heavy (non-hydrogen) atoms. The van der Waals surface area contributed by atoms with Crippen LogP contribution in [-0.4, -0.2) is 77.2 Å². The van der Waals surface area contributed by atoms with Gasteiger partial charge >= 0.3 is 0 Å². The minimum Gasteiger partial charge on any atom is -0.493 e. The van der Waals surface area contributed by atoms with E-state index < -0.39 is 0 Å². The Bertz CT molecular complexity index is 1170. The standard InChI is InChI=1S/C20H32N2.C10H12O4.C7H8/c1-19(18-20-10-5-3-6-11-20)12-17-21(2)13-9-16-22-14-7-4-8-15-22;1-12-8-4-7(6-11)5-9(13-2)10(8)14-3;1-7-5-3-2-4-6-7/h3,5-6,10-11,18H,4,7-9,12-17H2,1-2H3;4-6H,1-3H3;2-6H,1H3/b19-18+;;. The van der Waals surface area contributed by atoms with Gasteiger partial charge in [0.25, 0.3) is 0 Å². The highest BCUT2D eigenvalue weighted by Gasteiger charge is 2.12. The first-order valence-corrected chi connectivity index (χ1v) is 15.3. The zero-order valence-corrected chi connectivity index (χ0v) is 27.2. The van der Waals surface area contributed by atoms with Crippen LogP contribution in [-0.2, 0) is 0 Å². The van der Waals surface area contributed by atoms with Crippen molar-refractivity contribution in [3.05, 3.63) is 95.1 Å². The molecule has 0 atom stereocenters. The van der Waals surface area contributed by atoms with Gasteiger partial charge in [-0.05, 0) is 90.5 Å². The van der Waals surface area contributed by atoms with Gasteiger partial charge in [-0.1, -0.05) is 84.3 Å². The number of carbonyl (C=O) groups excluding carboxylic acids is 1. The number of nitrogens with zero attached hydrogens (tertiary/aromatic N) is 2. The fraction of sp³-hybridized carbons (Fsp3) is 0.432. The van der Waals surface area contributed by atoms with Gasteiger partial charge in [-0.25, -0.2) is 0 Å². The Kier molecular flexibility index (Phi) is 17.5. The van der Waals surface area contributed by atoms with Gasteiger partial charge in [0, 0.05) is 12.1 Å². The molecule has 1 aliphatic heterocycles. The monoisotopic (exact) mass is 588 g/mol. The highest BCUT2D eigenvalue weighted by molar-refractivity contribution is 5.78. The van der Waals surface area contributed by atoms with Crippen molar-refractivity contribution in [3.63, 3.8) is 0 Å². The number of carbonyl (C=O) groups is 1. The minimum absolute atomic E-state index is 0.481. The average Bonchev–Trinajstić information content (AvgIpc) is 3.05. The predicted molar refractivity (Wildman–Crippen MR) is 180 cm³/mol. The molecule has 0 aliphatic carbocycles. The van der Waals surface area contributed by atoms with E-state index in [2.05, 4.69) is 79.2 Å². The quantitative estimate of drug-likeness (QED) is 0.201. The molecule has 0 aromatic heterocycles. The van der Waals surface area contributed by atoms with Crippen molar-refractivity contribution in [3.8, 4) is 17.2 Å². The average molecular weight is 589 g/mol. The van der Waals surface area contributed by atoms with Gasteiger partial charge in [-0.15, -0.1) is 0 Å². The molecule has 3 aromatic rings. The highest BCUT2D eigenvalue weighted by Crippen LogP contribution is 2.37. The molecule has 1 heterocycles. The third kappa shape index (κ3) is 14.4. The van der Waals surface area contributed by atoms with E-state index in [0.717, 1.165) is 19.3 Å². The van der Waals surface area contributed by atoms with Crippen molar-refractivity contribution in [1.82, 2.24) is 9.80 Å². The lowest BCUT2D eigenvalue weighted by atomic mass is 10.1. The molecule has 0 bridgehead atoms. The molecular weight excluding hydrogens is 536 g/mol. The Balaban J connectivity index is 0.000000260. The van der Waals surface area contributed by atoms with Gasteiger partial charge in [0.1, 0.15) is 6.29 Å². The summed E-state index contributed by atoms with van der Waals surface area (Å²) in [6, 6.07) is 24.1. The first-order valence-electron chi connectivity index (χ1n) is 15.3. The molecule has 0 spiro atoms. The molecule has 0 saturated carbocycles. The van der Waals surface area contributed by atoms with Crippen molar-refractivity contribution >= 4 is 12.4 Å². The summed E-state index contributed by atoms with van der Waals surface area (Å²) < 4.78 is 15.2. The van der Waals surface area contributed by atoms with E-state index in [4.69, 9.17) is 14.2 Å². The van der Waals surface area contributed by atoms with Gasteiger partial charge < -0.3 is 24.0 Å². The number of benzene rings is 3. The van der Waals surface area contributed by atoms with E-state index in [1.807, 2.05) is 18.2 Å². The largest absolute Gasteiger partial charge is 0.493 e. The van der Waals surface area contributed by atoms with Crippen LogP contribution in [0.2, 0.25) is 0 Å². The summed E-state index contributed by atoms with van der Waals surface area (Å²) in [5, 5.41) is 0. The highest BCUT2D eigenvalue weighted by atomic mass is 16.5. The molecule has 6 nitrogen and oxygen atoms in total. The number of piperidine rings is 1. The van der Waals surface area contributed by atoms with Crippen LogP contribution in [0.15, 0.2) is 78.4 Å². The Morgan fingerprint density at radius 2 is 1.40 bits per heavy atom. The summed E-state index contributed by atoms with van der Waals surface area (Å²) in [6.45, 7) is 10.6. The molecule has 3 aromatic carbocycles. The van der Waals surface area contributed by atoms with Crippen LogP contribution < -0.4 is 14.2 Å². The summed E-state index contributed by atoms with van der Waals surface area (Å²) in [7, 11) is 6.78. The van der Waals surface area contributed by atoms with Crippen LogP contribution in [0.3, 0.4) is 0 Å². The van der Waals surface area contributed by atoms with E-state index in [0.29, 0.717) is 22.8 Å². The molecular formula is C37H52N2O4. The summed E-state index contributed by atoms with van der Waals surface area (Å²) >= 11 is 0. The van der Waals surface area contributed by atoms with Crippen molar-refractivity contribution in [2.75, 3.05) is 61.1 Å². The maximum atomic E-state index is 10.6. The summed E-state index contributed by atoms with van der Waals surface area (Å²) in [4.78, 5) is 15.7. The number of methoxy groups -OCH3 is 3. The number of likely N-dealkylation sites (tertiary alicyclic amines) is 1. The molecule has 0 radical (unpaired) electrons. The lowest BCUT2D eigenvalue weighted by Crippen LogP contribution is -2.32. The molecule has 4 rings (SSSR count). The number of hydrogen-bond donors (Lipinski definition) is 0. The molecule has 1 fully saturated rings. The molecule has 0 amide bonds. The summed E-state index contributed by atoms with van der Waals surface area (Å²) in [5.41, 5.74) is 4.59. The zero-order valence-electron chi connectivity index (χ0n) is 27.2. The second kappa shape index (κ2) is 21.1. The Morgan fingerprint density at radius 3 is 1.88 bits per heavy atom. The van der Waals surface area contributed by atoms with Crippen LogP contribution in [0.1, 0.15) is 60.5 Å². The second-order valence-electron chi connectivity index (χ2n) is 10.9.